The molecule has 0 aliphatic rings. The zero-order chi connectivity index (χ0) is 15.8. The van der Waals surface area contributed by atoms with E-state index in [0.717, 1.165) is 16.6 Å². The number of aryl methyl sites for hydroxylation is 1. The Morgan fingerprint density at radius 1 is 0.750 bits per heavy atom. The predicted octanol–water partition coefficient (Wildman–Crippen LogP) is 5.92. The summed E-state index contributed by atoms with van der Waals surface area (Å²) in [6.45, 7) is 2.08. The smallest absolute Gasteiger partial charge is 0.0964 e. The monoisotopic (exact) mass is 306 g/mol. The highest BCUT2D eigenvalue weighted by atomic mass is 14.8. The Kier molecular flexibility index (Phi) is 2.07. The number of aromatic amines is 1. The quantitative estimate of drug-likeness (QED) is 0.347. The number of hydrogen-bond acceptors (Lipinski definition) is 1. The van der Waals surface area contributed by atoms with E-state index in [2.05, 4.69) is 66.5 Å². The molecule has 0 aliphatic heterocycles. The Bertz CT molecular complexity index is 1390. The third-order valence-electron chi connectivity index (χ3n) is 5.18. The number of aromatic nitrogens is 2. The predicted molar refractivity (Wildman–Crippen MR) is 102 cm³/mol. The van der Waals surface area contributed by atoms with Crippen molar-refractivity contribution in [3.63, 3.8) is 0 Å². The SMILES string of the molecule is Cc1cnc2c(c1)[nH]c1cc3ccc4cccc5ccc(c12)c3c45. The van der Waals surface area contributed by atoms with Crippen molar-refractivity contribution in [1.82, 2.24) is 9.97 Å². The van der Waals surface area contributed by atoms with E-state index in [1.165, 1.54) is 43.3 Å². The molecule has 6 aromatic rings. The average molecular weight is 306 g/mol. The van der Waals surface area contributed by atoms with Crippen LogP contribution in [0.25, 0.3) is 54.3 Å². The lowest BCUT2D eigenvalue weighted by atomic mass is 9.92. The number of nitrogens with one attached hydrogen (secondary N) is 1. The van der Waals surface area contributed by atoms with E-state index in [1.54, 1.807) is 0 Å². The Balaban J connectivity index is 1.99. The van der Waals surface area contributed by atoms with E-state index in [9.17, 15) is 0 Å². The largest absolute Gasteiger partial charge is 0.353 e. The van der Waals surface area contributed by atoms with Crippen LogP contribution >= 0.6 is 0 Å². The molecule has 2 aromatic heterocycles. The minimum Gasteiger partial charge on any atom is -0.353 e. The summed E-state index contributed by atoms with van der Waals surface area (Å²) in [5, 5.41) is 9.11. The molecule has 0 aliphatic carbocycles. The maximum absolute atomic E-state index is 4.72. The summed E-state index contributed by atoms with van der Waals surface area (Å²) < 4.78 is 0. The second-order valence-corrected chi connectivity index (χ2v) is 6.69. The van der Waals surface area contributed by atoms with Gasteiger partial charge in [-0.3, -0.25) is 4.98 Å². The zero-order valence-electron chi connectivity index (χ0n) is 13.2. The molecule has 0 radical (unpaired) electrons. The number of rotatable bonds is 0. The molecule has 6 rings (SSSR count). The summed E-state index contributed by atoms with van der Waals surface area (Å²) >= 11 is 0. The van der Waals surface area contributed by atoms with Gasteiger partial charge in [0, 0.05) is 17.1 Å². The first-order valence-electron chi connectivity index (χ1n) is 8.24. The number of fused-ring (bicyclic) bond motifs is 4. The molecule has 0 fully saturated rings. The number of hydrogen-bond donors (Lipinski definition) is 1. The highest BCUT2D eigenvalue weighted by molar-refractivity contribution is 6.32. The standard InChI is InChI=1S/C22H14N2/c1-12-9-18-22(23-11-12)21-16-8-7-14-4-2-3-13-5-6-15(10-17(21)24-18)20(16)19(13)14/h2-11,24H,1H3. The fourth-order valence-electron chi connectivity index (χ4n) is 4.17. The fraction of sp³-hybridized carbons (Fsp3) is 0.0455. The summed E-state index contributed by atoms with van der Waals surface area (Å²) in [6.07, 6.45) is 1.95. The van der Waals surface area contributed by atoms with Gasteiger partial charge in [-0.2, -0.15) is 0 Å². The van der Waals surface area contributed by atoms with Crippen LogP contribution in [0.3, 0.4) is 0 Å². The summed E-state index contributed by atoms with van der Waals surface area (Å²) in [6, 6.07) is 19.9. The molecule has 2 heteroatoms. The van der Waals surface area contributed by atoms with Gasteiger partial charge in [0.05, 0.1) is 11.0 Å². The molecule has 24 heavy (non-hydrogen) atoms. The van der Waals surface area contributed by atoms with Crippen molar-refractivity contribution in [3.05, 3.63) is 66.4 Å². The van der Waals surface area contributed by atoms with Crippen LogP contribution in [0.5, 0.6) is 0 Å². The molecule has 4 aromatic carbocycles. The van der Waals surface area contributed by atoms with E-state index in [-0.39, 0.29) is 0 Å². The number of benzene rings is 4. The zero-order valence-corrected chi connectivity index (χ0v) is 13.2. The lowest BCUT2D eigenvalue weighted by Gasteiger charge is -2.11. The van der Waals surface area contributed by atoms with Crippen LogP contribution in [0.15, 0.2) is 60.8 Å². The van der Waals surface area contributed by atoms with Gasteiger partial charge in [0.25, 0.3) is 0 Å². The Morgan fingerprint density at radius 3 is 2.42 bits per heavy atom. The minimum absolute atomic E-state index is 1.06. The van der Waals surface area contributed by atoms with Gasteiger partial charge in [-0.15, -0.1) is 0 Å². The molecule has 0 saturated heterocycles. The van der Waals surface area contributed by atoms with Crippen LogP contribution in [-0.4, -0.2) is 9.97 Å². The van der Waals surface area contributed by atoms with Crippen LogP contribution in [0.4, 0.5) is 0 Å². The van der Waals surface area contributed by atoms with Crippen molar-refractivity contribution in [1.29, 1.82) is 0 Å². The van der Waals surface area contributed by atoms with Crippen molar-refractivity contribution in [3.8, 4) is 0 Å². The Labute approximate surface area is 138 Å². The van der Waals surface area contributed by atoms with Gasteiger partial charge in [0.1, 0.15) is 0 Å². The maximum Gasteiger partial charge on any atom is 0.0964 e. The van der Waals surface area contributed by atoms with Gasteiger partial charge in [0.2, 0.25) is 0 Å². The van der Waals surface area contributed by atoms with Crippen LogP contribution in [0.1, 0.15) is 5.56 Å². The second-order valence-electron chi connectivity index (χ2n) is 6.69. The van der Waals surface area contributed by atoms with Gasteiger partial charge in [0.15, 0.2) is 0 Å². The molecule has 2 heterocycles. The van der Waals surface area contributed by atoms with Crippen molar-refractivity contribution < 1.29 is 0 Å². The minimum atomic E-state index is 1.06. The molecule has 0 spiro atoms. The topological polar surface area (TPSA) is 28.7 Å². The highest BCUT2D eigenvalue weighted by Crippen LogP contribution is 2.40. The van der Waals surface area contributed by atoms with Gasteiger partial charge in [-0.05, 0) is 56.9 Å². The lowest BCUT2D eigenvalue weighted by molar-refractivity contribution is 1.33. The number of H-pyrrole nitrogens is 1. The van der Waals surface area contributed by atoms with Crippen LogP contribution in [0.2, 0.25) is 0 Å². The van der Waals surface area contributed by atoms with Gasteiger partial charge in [-0.1, -0.05) is 42.5 Å². The van der Waals surface area contributed by atoms with Crippen molar-refractivity contribution in [2.45, 2.75) is 6.92 Å². The summed E-state index contributed by atoms with van der Waals surface area (Å²) in [5.41, 5.74) is 4.51. The Hall–Kier alpha value is -3.13. The summed E-state index contributed by atoms with van der Waals surface area (Å²) in [4.78, 5) is 8.28. The highest BCUT2D eigenvalue weighted by Gasteiger charge is 2.14. The summed E-state index contributed by atoms with van der Waals surface area (Å²) in [5.74, 6) is 0. The third-order valence-corrected chi connectivity index (χ3v) is 5.18. The van der Waals surface area contributed by atoms with Crippen molar-refractivity contribution >= 4 is 54.3 Å². The molecule has 0 unspecified atom stereocenters. The van der Waals surface area contributed by atoms with Crippen molar-refractivity contribution in [2.24, 2.45) is 0 Å². The summed E-state index contributed by atoms with van der Waals surface area (Å²) in [7, 11) is 0. The van der Waals surface area contributed by atoms with Crippen LogP contribution in [0, 0.1) is 6.92 Å². The normalized spacial score (nSPS) is 12.4. The number of nitrogens with zero attached hydrogens (tertiary/aromatic N) is 1. The Morgan fingerprint density at radius 2 is 1.54 bits per heavy atom. The molecule has 0 atom stereocenters. The first-order valence-corrected chi connectivity index (χ1v) is 8.24. The molecule has 0 saturated carbocycles. The third kappa shape index (κ3) is 1.39. The van der Waals surface area contributed by atoms with Crippen molar-refractivity contribution in [2.75, 3.05) is 0 Å². The molecule has 2 nitrogen and oxygen atoms in total. The molecular formula is C22H14N2. The first kappa shape index (κ1) is 12.3. The molecule has 1 N–H and O–H groups in total. The molecule has 0 bridgehead atoms. The first-order chi connectivity index (χ1) is 11.8. The number of pyridine rings is 1. The molecular weight excluding hydrogens is 292 g/mol. The van der Waals surface area contributed by atoms with E-state index in [1.807, 2.05) is 6.20 Å². The van der Waals surface area contributed by atoms with Gasteiger partial charge in [-0.25, -0.2) is 0 Å². The average Bonchev–Trinajstić information content (AvgIpc) is 2.96. The molecule has 0 amide bonds. The van der Waals surface area contributed by atoms with Crippen LogP contribution < -0.4 is 0 Å². The lowest BCUT2D eigenvalue weighted by Crippen LogP contribution is -1.85. The molecule has 112 valence electrons. The van der Waals surface area contributed by atoms with Gasteiger partial charge >= 0.3 is 0 Å². The second kappa shape index (κ2) is 4.04. The van der Waals surface area contributed by atoms with E-state index in [0.29, 0.717) is 0 Å². The van der Waals surface area contributed by atoms with Gasteiger partial charge < -0.3 is 4.98 Å². The maximum atomic E-state index is 4.72. The fourth-order valence-corrected chi connectivity index (χ4v) is 4.17. The van der Waals surface area contributed by atoms with E-state index in [4.69, 9.17) is 4.98 Å². The van der Waals surface area contributed by atoms with Crippen LogP contribution in [-0.2, 0) is 0 Å². The van der Waals surface area contributed by atoms with E-state index >= 15 is 0 Å². The van der Waals surface area contributed by atoms with E-state index < -0.39 is 0 Å².